The number of nitrogens with one attached hydrogen (secondary N) is 2. The van der Waals surface area contributed by atoms with Gasteiger partial charge in [-0.25, -0.2) is 0 Å². The molecular formula is C27H39N3O2. The number of nitrogens with two attached hydrogens (primary N) is 1. The van der Waals surface area contributed by atoms with E-state index in [0.29, 0.717) is 12.8 Å². The molecule has 5 N–H and O–H groups in total. The monoisotopic (exact) mass is 437 g/mol. The van der Waals surface area contributed by atoms with Crippen LogP contribution in [0.2, 0.25) is 0 Å². The van der Waals surface area contributed by atoms with Crippen molar-refractivity contribution in [2.45, 2.75) is 77.3 Å². The Morgan fingerprint density at radius 2 is 2.12 bits per heavy atom. The Bertz CT molecular complexity index is 1000. The highest BCUT2D eigenvalue weighted by molar-refractivity contribution is 5.92. The molecule has 5 heteroatoms. The van der Waals surface area contributed by atoms with Crippen LogP contribution in [0, 0.1) is 5.92 Å². The highest BCUT2D eigenvalue weighted by Gasteiger charge is 2.33. The molecule has 3 rings (SSSR count). The molecule has 0 fully saturated rings. The Kier molecular flexibility index (Phi) is 7.63. The van der Waals surface area contributed by atoms with Gasteiger partial charge in [0.2, 0.25) is 5.91 Å². The normalized spacial score (nSPS) is 22.9. The van der Waals surface area contributed by atoms with Gasteiger partial charge in [0, 0.05) is 23.0 Å². The van der Waals surface area contributed by atoms with Crippen molar-refractivity contribution in [1.29, 1.82) is 0 Å². The third-order valence-corrected chi connectivity index (χ3v) is 6.99. The lowest BCUT2D eigenvalue weighted by atomic mass is 9.76. The van der Waals surface area contributed by atoms with E-state index < -0.39 is 6.04 Å². The van der Waals surface area contributed by atoms with Gasteiger partial charge in [0.05, 0.1) is 24.1 Å². The fourth-order valence-electron chi connectivity index (χ4n) is 5.00. The lowest BCUT2D eigenvalue weighted by Gasteiger charge is -2.29. The summed E-state index contributed by atoms with van der Waals surface area (Å²) in [4.78, 5) is 16.5. The summed E-state index contributed by atoms with van der Waals surface area (Å²) in [6.45, 7) is 12.6. The van der Waals surface area contributed by atoms with Gasteiger partial charge in [-0.15, -0.1) is 6.58 Å². The predicted octanol–water partition coefficient (Wildman–Crippen LogP) is 4.81. The smallest absolute Gasteiger partial charge is 0.225 e. The lowest BCUT2D eigenvalue weighted by molar-refractivity contribution is -0.127. The van der Waals surface area contributed by atoms with Crippen molar-refractivity contribution in [2.24, 2.45) is 11.7 Å². The average Bonchev–Trinajstić information content (AvgIpc) is 3.19. The molecule has 32 heavy (non-hydrogen) atoms. The fourth-order valence-corrected chi connectivity index (χ4v) is 5.00. The number of aliphatic hydroxyl groups excluding tert-OH is 1. The number of carbonyl (C=O) groups is 1. The van der Waals surface area contributed by atoms with Crippen LogP contribution >= 0.6 is 0 Å². The maximum absolute atomic E-state index is 13.0. The molecule has 0 saturated heterocycles. The first-order valence-electron chi connectivity index (χ1n) is 11.8. The highest BCUT2D eigenvalue weighted by atomic mass is 16.3. The zero-order valence-electron chi connectivity index (χ0n) is 20.0. The van der Waals surface area contributed by atoms with Gasteiger partial charge in [0.15, 0.2) is 0 Å². The van der Waals surface area contributed by atoms with Gasteiger partial charge in [0.1, 0.15) is 0 Å². The molecule has 2 heterocycles. The van der Waals surface area contributed by atoms with Crippen LogP contribution in [0.5, 0.6) is 0 Å². The Morgan fingerprint density at radius 3 is 2.75 bits per heavy atom. The zero-order chi connectivity index (χ0) is 23.5. The number of aromatic nitrogens is 1. The van der Waals surface area contributed by atoms with E-state index in [2.05, 4.69) is 62.8 Å². The van der Waals surface area contributed by atoms with E-state index in [9.17, 15) is 9.90 Å². The van der Waals surface area contributed by atoms with E-state index in [-0.39, 0.29) is 29.9 Å². The van der Waals surface area contributed by atoms with Gasteiger partial charge < -0.3 is 21.1 Å². The Balaban J connectivity index is 2.17. The third kappa shape index (κ3) is 4.69. The Labute approximate surface area is 192 Å². The Hall–Kier alpha value is -2.37. The molecule has 1 amide bonds. The predicted molar refractivity (Wildman–Crippen MR) is 133 cm³/mol. The first-order valence-corrected chi connectivity index (χ1v) is 11.8. The van der Waals surface area contributed by atoms with Crippen molar-refractivity contribution >= 4 is 16.8 Å². The van der Waals surface area contributed by atoms with Crippen LogP contribution < -0.4 is 11.1 Å². The maximum Gasteiger partial charge on any atom is 0.225 e. The molecular weight excluding hydrogens is 398 g/mol. The molecule has 0 saturated carbocycles. The van der Waals surface area contributed by atoms with Crippen molar-refractivity contribution in [2.75, 3.05) is 6.61 Å². The summed E-state index contributed by atoms with van der Waals surface area (Å²) in [5.41, 5.74) is 12.2. The molecule has 174 valence electrons. The van der Waals surface area contributed by atoms with E-state index in [4.69, 9.17) is 5.73 Å². The molecule has 5 nitrogen and oxygen atoms in total. The summed E-state index contributed by atoms with van der Waals surface area (Å²) in [7, 11) is 0. The Morgan fingerprint density at radius 1 is 1.38 bits per heavy atom. The largest absolute Gasteiger partial charge is 0.394 e. The molecule has 1 aromatic carbocycles. The summed E-state index contributed by atoms with van der Waals surface area (Å²) in [5.74, 6) is -0.394. The summed E-state index contributed by atoms with van der Waals surface area (Å²) in [6.07, 6.45) is 10.4. The minimum atomic E-state index is -0.404. The quantitative estimate of drug-likeness (QED) is 0.447. The number of aromatic amines is 1. The van der Waals surface area contributed by atoms with E-state index >= 15 is 0 Å². The number of amides is 1. The van der Waals surface area contributed by atoms with Crippen molar-refractivity contribution < 1.29 is 9.90 Å². The number of carbonyl (C=O) groups excluding carboxylic acids is 1. The van der Waals surface area contributed by atoms with Crippen molar-refractivity contribution in [3.05, 3.63) is 59.3 Å². The van der Waals surface area contributed by atoms with Crippen LogP contribution in [0.15, 0.2) is 42.6 Å². The molecule has 1 aliphatic heterocycles. The molecule has 4 unspecified atom stereocenters. The molecule has 0 aliphatic carbocycles. The van der Waals surface area contributed by atoms with E-state index in [1.165, 1.54) is 11.1 Å². The number of benzene rings is 1. The molecule has 1 aromatic heterocycles. The third-order valence-electron chi connectivity index (χ3n) is 6.99. The number of H-pyrrole nitrogens is 1. The summed E-state index contributed by atoms with van der Waals surface area (Å²) in [5, 5.41) is 14.1. The summed E-state index contributed by atoms with van der Waals surface area (Å²) < 4.78 is 0. The van der Waals surface area contributed by atoms with Gasteiger partial charge in [-0.1, -0.05) is 50.1 Å². The van der Waals surface area contributed by atoms with Crippen LogP contribution in [0.3, 0.4) is 0 Å². The second-order valence-corrected chi connectivity index (χ2v) is 9.72. The van der Waals surface area contributed by atoms with Gasteiger partial charge in [0.25, 0.3) is 0 Å². The van der Waals surface area contributed by atoms with Crippen molar-refractivity contribution in [1.82, 2.24) is 10.3 Å². The number of rotatable bonds is 8. The van der Waals surface area contributed by atoms with Gasteiger partial charge in [-0.2, -0.15) is 0 Å². The van der Waals surface area contributed by atoms with Gasteiger partial charge in [-0.3, -0.25) is 4.79 Å². The maximum atomic E-state index is 13.0. The molecule has 0 bridgehead atoms. The first kappa shape index (κ1) is 24.3. The highest BCUT2D eigenvalue weighted by Crippen LogP contribution is 2.41. The molecule has 1 aliphatic rings. The average molecular weight is 438 g/mol. The summed E-state index contributed by atoms with van der Waals surface area (Å²) in [6, 6.07) is 3.53. The van der Waals surface area contributed by atoms with Gasteiger partial charge >= 0.3 is 0 Å². The second kappa shape index (κ2) is 10.1. The van der Waals surface area contributed by atoms with Crippen LogP contribution in [0.4, 0.5) is 0 Å². The van der Waals surface area contributed by atoms with Crippen molar-refractivity contribution in [3.8, 4) is 0 Å². The van der Waals surface area contributed by atoms with Crippen LogP contribution in [0.1, 0.15) is 76.1 Å². The number of hydrogen-bond donors (Lipinski definition) is 4. The van der Waals surface area contributed by atoms with Crippen LogP contribution in [-0.4, -0.2) is 28.6 Å². The van der Waals surface area contributed by atoms with Gasteiger partial charge in [-0.05, 0) is 56.2 Å². The van der Waals surface area contributed by atoms with Crippen molar-refractivity contribution in [3.63, 3.8) is 0 Å². The molecule has 0 radical (unpaired) electrons. The molecule has 4 atom stereocenters. The topological polar surface area (TPSA) is 91.1 Å². The zero-order valence-corrected chi connectivity index (χ0v) is 20.0. The van der Waals surface area contributed by atoms with Crippen LogP contribution in [-0.2, 0) is 16.6 Å². The first-order chi connectivity index (χ1) is 15.3. The SMILES string of the molecule is C=CC(C)(CCC=C(C)C)c1ccc2c3c(c[nH]c13)CC(CO)NC(=O)C(CCC)C2N. The van der Waals surface area contributed by atoms with E-state index in [1.54, 1.807) is 0 Å². The minimum absolute atomic E-state index is 0.0672. The summed E-state index contributed by atoms with van der Waals surface area (Å²) >= 11 is 0. The minimum Gasteiger partial charge on any atom is -0.394 e. The van der Waals surface area contributed by atoms with Crippen LogP contribution in [0.25, 0.3) is 10.9 Å². The van der Waals surface area contributed by atoms with E-state index in [0.717, 1.165) is 41.3 Å². The second-order valence-electron chi connectivity index (χ2n) is 9.72. The van der Waals surface area contributed by atoms with E-state index in [1.807, 2.05) is 12.3 Å². The lowest BCUT2D eigenvalue weighted by Crippen LogP contribution is -2.44. The fraction of sp³-hybridized carbons (Fsp3) is 0.519. The standard InChI is InChI=1S/C27H39N3O2/c1-6-9-21-24(28)20-11-12-22(27(5,7-2)13-8-10-17(3)4)25-23(20)18(15-29-25)14-19(16-31)30-26(21)32/h7,10-12,15,19,21,24,29,31H,2,6,8-9,13-14,16,28H2,1,3-5H3,(H,30,32). The number of allylic oxidation sites excluding steroid dienone is 3. The molecule has 0 spiro atoms. The number of hydrogen-bond acceptors (Lipinski definition) is 3. The number of aliphatic hydroxyl groups is 1. The molecule has 2 aromatic rings.